The maximum atomic E-state index is 8.10. The Morgan fingerprint density at radius 2 is 1.67 bits per heavy atom. The van der Waals surface area contributed by atoms with Crippen LogP contribution in [0.3, 0.4) is 0 Å². The van der Waals surface area contributed by atoms with E-state index in [1.54, 1.807) is 31.4 Å². The van der Waals surface area contributed by atoms with Gasteiger partial charge in [0.1, 0.15) is 23.7 Å². The standard InChI is InChI=1S/C12H13N5O/c1-18-8-4-2-7(3-5-8)10(13)9-11(14)16-6-17-12(9)15/h2-6,13H,1H3,(H4,14,15,16,17). The number of rotatable bonds is 3. The van der Waals surface area contributed by atoms with Gasteiger partial charge >= 0.3 is 0 Å². The SMILES string of the molecule is COc1ccc(C(=N)c2c(N)ncnc2N)cc1. The van der Waals surface area contributed by atoms with Crippen molar-refractivity contribution in [3.05, 3.63) is 41.7 Å². The molecule has 92 valence electrons. The zero-order valence-electron chi connectivity index (χ0n) is 9.84. The average Bonchev–Trinajstić information content (AvgIpc) is 2.38. The van der Waals surface area contributed by atoms with Gasteiger partial charge in [0.25, 0.3) is 0 Å². The van der Waals surface area contributed by atoms with Crippen LogP contribution >= 0.6 is 0 Å². The second kappa shape index (κ2) is 4.70. The molecule has 0 unspecified atom stereocenters. The van der Waals surface area contributed by atoms with Gasteiger partial charge in [-0.15, -0.1) is 0 Å². The van der Waals surface area contributed by atoms with E-state index in [-0.39, 0.29) is 17.3 Å². The van der Waals surface area contributed by atoms with Crippen molar-refractivity contribution >= 4 is 17.3 Å². The van der Waals surface area contributed by atoms with Crippen LogP contribution in [0.4, 0.5) is 11.6 Å². The summed E-state index contributed by atoms with van der Waals surface area (Å²) in [5.74, 6) is 1.11. The molecule has 0 aliphatic carbocycles. The predicted octanol–water partition coefficient (Wildman–Crippen LogP) is 1.07. The van der Waals surface area contributed by atoms with Crippen molar-refractivity contribution in [1.82, 2.24) is 9.97 Å². The molecular formula is C12H13N5O. The lowest BCUT2D eigenvalue weighted by atomic mass is 10.0. The topological polar surface area (TPSA) is 111 Å². The van der Waals surface area contributed by atoms with Crippen molar-refractivity contribution in [2.75, 3.05) is 18.6 Å². The van der Waals surface area contributed by atoms with Gasteiger partial charge in [-0.3, -0.25) is 5.41 Å². The Morgan fingerprint density at radius 1 is 1.11 bits per heavy atom. The number of methoxy groups -OCH3 is 1. The van der Waals surface area contributed by atoms with Gasteiger partial charge in [0, 0.05) is 5.56 Å². The van der Waals surface area contributed by atoms with Crippen molar-refractivity contribution in [3.63, 3.8) is 0 Å². The molecule has 1 aromatic carbocycles. The summed E-state index contributed by atoms with van der Waals surface area (Å²) >= 11 is 0. The fourth-order valence-electron chi connectivity index (χ4n) is 1.57. The zero-order valence-corrected chi connectivity index (χ0v) is 9.84. The number of ether oxygens (including phenoxy) is 1. The van der Waals surface area contributed by atoms with Gasteiger partial charge in [0.15, 0.2) is 0 Å². The van der Waals surface area contributed by atoms with Crippen molar-refractivity contribution < 1.29 is 4.74 Å². The van der Waals surface area contributed by atoms with Crippen molar-refractivity contribution in [2.45, 2.75) is 0 Å². The Morgan fingerprint density at radius 3 is 2.17 bits per heavy atom. The van der Waals surface area contributed by atoms with E-state index in [1.165, 1.54) is 6.33 Å². The summed E-state index contributed by atoms with van der Waals surface area (Å²) in [6, 6.07) is 7.04. The fourth-order valence-corrected chi connectivity index (χ4v) is 1.57. The molecule has 0 aliphatic rings. The molecule has 0 amide bonds. The van der Waals surface area contributed by atoms with Gasteiger partial charge in [-0.25, -0.2) is 9.97 Å². The highest BCUT2D eigenvalue weighted by Crippen LogP contribution is 2.20. The smallest absolute Gasteiger partial charge is 0.138 e. The van der Waals surface area contributed by atoms with Crippen LogP contribution in [0.1, 0.15) is 11.1 Å². The highest BCUT2D eigenvalue weighted by atomic mass is 16.5. The summed E-state index contributed by atoms with van der Waals surface area (Å²) in [6.07, 6.45) is 1.27. The summed E-state index contributed by atoms with van der Waals surface area (Å²) in [7, 11) is 1.58. The van der Waals surface area contributed by atoms with E-state index >= 15 is 0 Å². The Kier molecular flexibility index (Phi) is 3.09. The van der Waals surface area contributed by atoms with E-state index in [1.807, 2.05) is 0 Å². The van der Waals surface area contributed by atoms with Crippen molar-refractivity contribution in [1.29, 1.82) is 5.41 Å². The van der Waals surface area contributed by atoms with Crippen LogP contribution in [0.5, 0.6) is 5.75 Å². The van der Waals surface area contributed by atoms with Crippen molar-refractivity contribution in [3.8, 4) is 5.75 Å². The van der Waals surface area contributed by atoms with Crippen molar-refractivity contribution in [2.24, 2.45) is 0 Å². The number of hydrogen-bond acceptors (Lipinski definition) is 6. The quantitative estimate of drug-likeness (QED) is 0.698. The van der Waals surface area contributed by atoms with E-state index in [2.05, 4.69) is 9.97 Å². The molecule has 0 spiro atoms. The van der Waals surface area contributed by atoms with Gasteiger partial charge in [-0.05, 0) is 24.3 Å². The van der Waals surface area contributed by atoms with E-state index in [0.29, 0.717) is 11.1 Å². The summed E-state index contributed by atoms with van der Waals surface area (Å²) in [6.45, 7) is 0. The van der Waals surface area contributed by atoms with Crippen LogP contribution in [0.2, 0.25) is 0 Å². The molecule has 5 N–H and O–H groups in total. The highest BCUT2D eigenvalue weighted by molar-refractivity contribution is 6.15. The third-order valence-corrected chi connectivity index (χ3v) is 2.53. The first-order valence-corrected chi connectivity index (χ1v) is 5.22. The summed E-state index contributed by atoms with van der Waals surface area (Å²) in [5, 5.41) is 8.10. The summed E-state index contributed by atoms with van der Waals surface area (Å²) in [5.41, 5.74) is 12.6. The van der Waals surface area contributed by atoms with Crippen LogP contribution in [-0.2, 0) is 0 Å². The first-order valence-electron chi connectivity index (χ1n) is 5.22. The number of nitrogen functional groups attached to an aromatic ring is 2. The molecule has 18 heavy (non-hydrogen) atoms. The van der Waals surface area contributed by atoms with Gasteiger partial charge < -0.3 is 16.2 Å². The Bertz CT molecular complexity index is 559. The molecule has 0 bridgehead atoms. The molecule has 0 saturated carbocycles. The third kappa shape index (κ3) is 2.08. The largest absolute Gasteiger partial charge is 0.497 e. The Labute approximate surface area is 104 Å². The number of benzene rings is 1. The molecule has 6 nitrogen and oxygen atoms in total. The first-order chi connectivity index (χ1) is 8.63. The second-order valence-corrected chi connectivity index (χ2v) is 3.62. The van der Waals surface area contributed by atoms with Gasteiger partial charge in [0.05, 0.1) is 18.4 Å². The second-order valence-electron chi connectivity index (χ2n) is 3.62. The summed E-state index contributed by atoms with van der Waals surface area (Å²) in [4.78, 5) is 7.68. The monoisotopic (exact) mass is 243 g/mol. The van der Waals surface area contributed by atoms with Crippen LogP contribution in [0.25, 0.3) is 0 Å². The average molecular weight is 243 g/mol. The molecule has 6 heteroatoms. The number of anilines is 2. The Balaban J connectivity index is 2.41. The molecule has 0 saturated heterocycles. The molecule has 1 aromatic heterocycles. The number of aromatic nitrogens is 2. The third-order valence-electron chi connectivity index (χ3n) is 2.53. The number of hydrogen-bond donors (Lipinski definition) is 3. The molecule has 2 aromatic rings. The zero-order chi connectivity index (χ0) is 13.1. The minimum atomic E-state index is 0.188. The molecule has 0 aliphatic heterocycles. The number of nitrogens with zero attached hydrogens (tertiary/aromatic N) is 2. The van der Waals surface area contributed by atoms with Gasteiger partial charge in [-0.1, -0.05) is 0 Å². The first kappa shape index (κ1) is 11.8. The van der Waals surface area contributed by atoms with Crippen LogP contribution < -0.4 is 16.2 Å². The minimum absolute atomic E-state index is 0.188. The molecule has 0 atom stereocenters. The number of nitrogens with one attached hydrogen (secondary N) is 1. The molecule has 0 fully saturated rings. The number of nitrogens with two attached hydrogens (primary N) is 2. The normalized spacial score (nSPS) is 10.1. The van der Waals surface area contributed by atoms with Gasteiger partial charge in [0.2, 0.25) is 0 Å². The summed E-state index contributed by atoms with van der Waals surface area (Å²) < 4.78 is 5.06. The van der Waals surface area contributed by atoms with E-state index in [4.69, 9.17) is 21.6 Å². The van der Waals surface area contributed by atoms with E-state index < -0.39 is 0 Å². The van der Waals surface area contributed by atoms with Gasteiger partial charge in [-0.2, -0.15) is 0 Å². The lowest BCUT2D eigenvalue weighted by molar-refractivity contribution is 0.415. The predicted molar refractivity (Wildman–Crippen MR) is 69.8 cm³/mol. The van der Waals surface area contributed by atoms with E-state index in [9.17, 15) is 0 Å². The fraction of sp³-hybridized carbons (Fsp3) is 0.0833. The lowest BCUT2D eigenvalue weighted by Gasteiger charge is -2.09. The van der Waals surface area contributed by atoms with E-state index in [0.717, 1.165) is 5.75 Å². The maximum Gasteiger partial charge on any atom is 0.138 e. The molecule has 2 rings (SSSR count). The maximum absolute atomic E-state index is 8.10. The van der Waals surface area contributed by atoms with Crippen LogP contribution in [-0.4, -0.2) is 22.8 Å². The molecule has 1 heterocycles. The van der Waals surface area contributed by atoms with Crippen LogP contribution in [0.15, 0.2) is 30.6 Å². The Hall–Kier alpha value is -2.63. The lowest BCUT2D eigenvalue weighted by Crippen LogP contribution is -2.11. The highest BCUT2D eigenvalue weighted by Gasteiger charge is 2.13. The molecule has 0 radical (unpaired) electrons. The minimum Gasteiger partial charge on any atom is -0.497 e. The van der Waals surface area contributed by atoms with Crippen LogP contribution in [0, 0.1) is 5.41 Å². The molecular weight excluding hydrogens is 230 g/mol.